The Balaban J connectivity index is -0.000000280. The molecule has 2 N–H and O–H groups in total. The van der Waals surface area contributed by atoms with Crippen LogP contribution in [0.4, 0.5) is 0 Å². The van der Waals surface area contributed by atoms with Gasteiger partial charge in [-0.25, -0.2) is 0 Å². The molecule has 1 atom stereocenters. The Morgan fingerprint density at radius 3 is 2.05 bits per heavy atom. The van der Waals surface area contributed by atoms with Crippen molar-refractivity contribution in [3.05, 3.63) is 0 Å². The molecule has 0 radical (unpaired) electrons. The van der Waals surface area contributed by atoms with Gasteiger partial charge in [0, 0.05) is 0 Å². The maximum atomic E-state index is 11.1. The lowest BCUT2D eigenvalue weighted by Crippen LogP contribution is -2.34. The fraction of sp³-hybridized carbons (Fsp3) is 0.909. The lowest BCUT2D eigenvalue weighted by atomic mass is 10.3. The van der Waals surface area contributed by atoms with Gasteiger partial charge in [-0.05, 0) is 27.4 Å². The minimum atomic E-state index is -3.92. The van der Waals surface area contributed by atoms with Gasteiger partial charge < -0.3 is 9.84 Å². The highest BCUT2D eigenvalue weighted by atomic mass is 32.2. The van der Waals surface area contributed by atoms with Crippen molar-refractivity contribution in [3.8, 4) is 0 Å². The Morgan fingerprint density at radius 1 is 1.37 bits per heavy atom. The van der Waals surface area contributed by atoms with E-state index in [0.717, 1.165) is 6.42 Å². The average molecular weight is 301 g/mol. The van der Waals surface area contributed by atoms with Gasteiger partial charge in [-0.3, -0.25) is 14.2 Å². The van der Waals surface area contributed by atoms with Gasteiger partial charge in [0.25, 0.3) is 10.1 Å². The molecule has 118 valence electrons. The monoisotopic (exact) mass is 301 g/mol. The molecule has 0 saturated carbocycles. The molecule has 0 bridgehead atoms. The lowest BCUT2D eigenvalue weighted by molar-refractivity contribution is -0.148. The van der Waals surface area contributed by atoms with Crippen LogP contribution in [0.2, 0.25) is 0 Å². The number of aliphatic hydroxyl groups is 1. The second kappa shape index (κ2) is 12.3. The standard InChI is InChI=1S/C8H17NO2.C2H6O4S.CH4/c1-5-6-11-8(10)7(2)9(3)4;3-1-2-7(4,5)6;/h7H,5-6H2,1-4H3;3H,1-2H2,(H,4,5,6);1H4. The first-order valence-corrected chi connectivity index (χ1v) is 7.15. The highest BCUT2D eigenvalue weighted by Gasteiger charge is 2.15. The number of ether oxygens (including phenoxy) is 1. The van der Waals surface area contributed by atoms with Crippen LogP contribution in [0.15, 0.2) is 0 Å². The third kappa shape index (κ3) is 17.3. The highest BCUT2D eigenvalue weighted by molar-refractivity contribution is 7.85. The molecule has 7 nitrogen and oxygen atoms in total. The average Bonchev–Trinajstić information content (AvgIpc) is 2.23. The summed E-state index contributed by atoms with van der Waals surface area (Å²) in [6.45, 7) is 3.81. The van der Waals surface area contributed by atoms with Gasteiger partial charge in [0.15, 0.2) is 0 Å². The molecule has 0 aromatic carbocycles. The summed E-state index contributed by atoms with van der Waals surface area (Å²) in [4.78, 5) is 12.9. The third-order valence-corrected chi connectivity index (χ3v) is 2.61. The molecular formula is C11H27NO6S. The summed E-state index contributed by atoms with van der Waals surface area (Å²) in [5.74, 6) is -0.718. The maximum absolute atomic E-state index is 11.1. The Hall–Kier alpha value is -0.700. The SMILES string of the molecule is C.CCCOC(=O)C(C)N(C)C.O=S(=O)(O)CCO. The van der Waals surface area contributed by atoms with E-state index in [4.69, 9.17) is 14.4 Å². The number of esters is 1. The smallest absolute Gasteiger partial charge is 0.323 e. The van der Waals surface area contributed by atoms with Crippen LogP contribution in [-0.2, 0) is 19.6 Å². The van der Waals surface area contributed by atoms with Gasteiger partial charge >= 0.3 is 5.97 Å². The molecule has 0 spiro atoms. The van der Waals surface area contributed by atoms with Crippen LogP contribution in [0.1, 0.15) is 27.7 Å². The van der Waals surface area contributed by atoms with Crippen molar-refractivity contribution in [3.63, 3.8) is 0 Å². The van der Waals surface area contributed by atoms with Crippen molar-refractivity contribution in [2.24, 2.45) is 0 Å². The second-order valence-corrected chi connectivity index (χ2v) is 5.39. The lowest BCUT2D eigenvalue weighted by Gasteiger charge is -2.17. The van der Waals surface area contributed by atoms with E-state index >= 15 is 0 Å². The van der Waals surface area contributed by atoms with Gasteiger partial charge in [0.05, 0.1) is 19.0 Å². The van der Waals surface area contributed by atoms with Gasteiger partial charge in [-0.15, -0.1) is 0 Å². The molecule has 0 fully saturated rings. The molecule has 19 heavy (non-hydrogen) atoms. The van der Waals surface area contributed by atoms with E-state index in [9.17, 15) is 13.2 Å². The first kappa shape index (κ1) is 23.4. The molecule has 0 heterocycles. The number of hydrogen-bond acceptors (Lipinski definition) is 6. The molecule has 0 aliphatic heterocycles. The number of carbonyl (C=O) groups is 1. The van der Waals surface area contributed by atoms with E-state index in [0.29, 0.717) is 6.61 Å². The summed E-state index contributed by atoms with van der Waals surface area (Å²) in [7, 11) is -0.206. The summed E-state index contributed by atoms with van der Waals surface area (Å²) in [5.41, 5.74) is 0. The Bertz CT molecular complexity index is 315. The molecule has 0 amide bonds. The summed E-state index contributed by atoms with van der Waals surface area (Å²) in [6.07, 6.45) is 0.881. The van der Waals surface area contributed by atoms with Gasteiger partial charge in [-0.2, -0.15) is 8.42 Å². The predicted octanol–water partition coefficient (Wildman–Crippen LogP) is 0.392. The van der Waals surface area contributed by atoms with E-state index in [2.05, 4.69) is 0 Å². The van der Waals surface area contributed by atoms with Crippen molar-refractivity contribution < 1.29 is 27.6 Å². The van der Waals surface area contributed by atoms with Crippen LogP contribution in [0, 0.1) is 0 Å². The van der Waals surface area contributed by atoms with Crippen molar-refractivity contribution in [1.29, 1.82) is 0 Å². The van der Waals surface area contributed by atoms with E-state index < -0.39 is 22.5 Å². The van der Waals surface area contributed by atoms with Crippen LogP contribution in [-0.4, -0.2) is 68.1 Å². The van der Waals surface area contributed by atoms with Crippen LogP contribution in [0.5, 0.6) is 0 Å². The number of aliphatic hydroxyl groups excluding tert-OH is 1. The van der Waals surface area contributed by atoms with Gasteiger partial charge in [0.2, 0.25) is 0 Å². The number of nitrogens with zero attached hydrogens (tertiary/aromatic N) is 1. The normalized spacial score (nSPS) is 11.9. The van der Waals surface area contributed by atoms with E-state index in [1.165, 1.54) is 0 Å². The zero-order valence-corrected chi connectivity index (χ0v) is 12.1. The molecule has 0 aliphatic rings. The minimum Gasteiger partial charge on any atom is -0.465 e. The van der Waals surface area contributed by atoms with Crippen LogP contribution < -0.4 is 0 Å². The first-order valence-electron chi connectivity index (χ1n) is 5.54. The van der Waals surface area contributed by atoms with Crippen LogP contribution in [0.3, 0.4) is 0 Å². The zero-order valence-electron chi connectivity index (χ0n) is 11.3. The summed E-state index contributed by atoms with van der Waals surface area (Å²) >= 11 is 0. The molecule has 0 saturated heterocycles. The molecule has 0 rings (SSSR count). The molecular weight excluding hydrogens is 274 g/mol. The third-order valence-electron chi connectivity index (χ3n) is 1.91. The predicted molar refractivity (Wildman–Crippen MR) is 74.6 cm³/mol. The fourth-order valence-electron chi connectivity index (χ4n) is 0.649. The molecule has 0 aliphatic carbocycles. The summed E-state index contributed by atoms with van der Waals surface area (Å²) in [6, 6.07) is -0.137. The number of hydrogen-bond donors (Lipinski definition) is 2. The Kier molecular flexibility index (Phi) is 15.2. The van der Waals surface area contributed by atoms with Gasteiger partial charge in [0.1, 0.15) is 6.04 Å². The molecule has 8 heteroatoms. The zero-order chi connectivity index (χ0) is 14.8. The number of carbonyl (C=O) groups excluding carboxylic acids is 1. The topological polar surface area (TPSA) is 104 Å². The van der Waals surface area contributed by atoms with E-state index in [1.807, 2.05) is 32.8 Å². The summed E-state index contributed by atoms with van der Waals surface area (Å²) in [5, 5.41) is 7.86. The van der Waals surface area contributed by atoms with E-state index in [1.54, 1.807) is 0 Å². The largest absolute Gasteiger partial charge is 0.465 e. The molecule has 0 aromatic heterocycles. The second-order valence-electron chi connectivity index (χ2n) is 3.82. The molecule has 0 aromatic rings. The highest BCUT2D eigenvalue weighted by Crippen LogP contribution is 1.95. The van der Waals surface area contributed by atoms with E-state index in [-0.39, 0.29) is 19.4 Å². The van der Waals surface area contributed by atoms with Crippen molar-refractivity contribution >= 4 is 16.1 Å². The minimum absolute atomic E-state index is 0. The first-order chi connectivity index (χ1) is 8.15. The number of likely N-dealkylation sites (N-methyl/N-ethyl adjacent to an activating group) is 1. The molecule has 1 unspecified atom stereocenters. The Morgan fingerprint density at radius 2 is 1.84 bits per heavy atom. The van der Waals surface area contributed by atoms with Gasteiger partial charge in [-0.1, -0.05) is 14.4 Å². The van der Waals surface area contributed by atoms with Crippen molar-refractivity contribution in [2.45, 2.75) is 33.7 Å². The summed E-state index contributed by atoms with van der Waals surface area (Å²) < 4.78 is 32.0. The van der Waals surface area contributed by atoms with Crippen LogP contribution in [0.25, 0.3) is 0 Å². The Labute approximate surface area is 116 Å². The van der Waals surface area contributed by atoms with Crippen LogP contribution >= 0.6 is 0 Å². The number of rotatable bonds is 6. The quantitative estimate of drug-likeness (QED) is 0.540. The van der Waals surface area contributed by atoms with Crippen molar-refractivity contribution in [1.82, 2.24) is 4.90 Å². The van der Waals surface area contributed by atoms with Crippen molar-refractivity contribution in [2.75, 3.05) is 33.1 Å². The fourth-order valence-corrected chi connectivity index (χ4v) is 0.880. The maximum Gasteiger partial charge on any atom is 0.323 e.